The van der Waals surface area contributed by atoms with E-state index in [1.54, 1.807) is 12.1 Å². The summed E-state index contributed by atoms with van der Waals surface area (Å²) < 4.78 is 40.2. The maximum absolute atomic E-state index is 13.4. The van der Waals surface area contributed by atoms with Gasteiger partial charge in [-0.05, 0) is 37.5 Å². The molecule has 1 aromatic carbocycles. The van der Waals surface area contributed by atoms with Crippen molar-refractivity contribution in [1.82, 2.24) is 4.90 Å². The summed E-state index contributed by atoms with van der Waals surface area (Å²) in [5.74, 6) is 0.233. The fourth-order valence-electron chi connectivity index (χ4n) is 5.79. The number of amides is 1. The lowest BCUT2D eigenvalue weighted by atomic mass is 9.73. The minimum atomic E-state index is -4.60. The van der Waals surface area contributed by atoms with E-state index in [0.717, 1.165) is 31.7 Å². The summed E-state index contributed by atoms with van der Waals surface area (Å²) in [6.07, 6.45) is 2.36. The third kappa shape index (κ3) is 4.32. The van der Waals surface area contributed by atoms with Gasteiger partial charge in [-0.1, -0.05) is 25.7 Å². The molecule has 3 aliphatic rings. The molecule has 4 rings (SSSR count). The second kappa shape index (κ2) is 8.93. The average molecular weight is 450 g/mol. The standard InChI is InChI=1S/C24H30F3N3O2/c25-24(26,27)21-11-20(8-7-18(21)12-28)29-10-9-23(16-31)15-30(14-19(23)13-29)22(32)17-5-3-1-2-4-6-17/h7-8,11,17,19,31H,1-6,9-10,13-16H2/t19-,23+/m1/s1. The number of nitriles is 1. The Kier molecular flexibility index (Phi) is 6.39. The van der Waals surface area contributed by atoms with Crippen LogP contribution in [0.5, 0.6) is 0 Å². The summed E-state index contributed by atoms with van der Waals surface area (Å²) in [6.45, 7) is 2.03. The minimum Gasteiger partial charge on any atom is -0.396 e. The third-order valence-corrected chi connectivity index (χ3v) is 7.76. The van der Waals surface area contributed by atoms with Gasteiger partial charge in [0.2, 0.25) is 5.91 Å². The fraction of sp³-hybridized carbons (Fsp3) is 0.667. The topological polar surface area (TPSA) is 67.6 Å². The minimum absolute atomic E-state index is 0.000887. The predicted octanol–water partition coefficient (Wildman–Crippen LogP) is 4.19. The van der Waals surface area contributed by atoms with Crippen molar-refractivity contribution in [1.29, 1.82) is 5.26 Å². The summed E-state index contributed by atoms with van der Waals surface area (Å²) in [4.78, 5) is 17.0. The maximum atomic E-state index is 13.4. The van der Waals surface area contributed by atoms with E-state index in [1.807, 2.05) is 9.80 Å². The van der Waals surface area contributed by atoms with Gasteiger partial charge in [0.15, 0.2) is 0 Å². The second-order valence-corrected chi connectivity index (χ2v) is 9.66. The van der Waals surface area contributed by atoms with Gasteiger partial charge in [-0.2, -0.15) is 18.4 Å². The van der Waals surface area contributed by atoms with Crippen LogP contribution in [0.4, 0.5) is 18.9 Å². The molecule has 32 heavy (non-hydrogen) atoms. The van der Waals surface area contributed by atoms with E-state index in [2.05, 4.69) is 0 Å². The first kappa shape index (κ1) is 22.9. The largest absolute Gasteiger partial charge is 0.417 e. The molecule has 3 fully saturated rings. The normalized spacial score (nSPS) is 27.0. The number of anilines is 1. The van der Waals surface area contributed by atoms with Crippen LogP contribution in [0.1, 0.15) is 56.1 Å². The summed E-state index contributed by atoms with van der Waals surface area (Å²) in [5.41, 5.74) is -1.27. The van der Waals surface area contributed by atoms with E-state index in [-0.39, 0.29) is 29.9 Å². The number of likely N-dealkylation sites (tertiary alicyclic amines) is 1. The van der Waals surface area contributed by atoms with Crippen LogP contribution in [0.3, 0.4) is 0 Å². The van der Waals surface area contributed by atoms with Gasteiger partial charge in [-0.15, -0.1) is 0 Å². The molecule has 2 heterocycles. The molecular formula is C24H30F3N3O2. The van der Waals surface area contributed by atoms with E-state index in [1.165, 1.54) is 18.9 Å². The lowest BCUT2D eigenvalue weighted by molar-refractivity contribution is -0.138. The van der Waals surface area contributed by atoms with Gasteiger partial charge in [0.1, 0.15) is 0 Å². The van der Waals surface area contributed by atoms with Crippen LogP contribution < -0.4 is 4.90 Å². The number of carbonyl (C=O) groups is 1. The molecule has 0 bridgehead atoms. The van der Waals surface area contributed by atoms with Crippen LogP contribution >= 0.6 is 0 Å². The Morgan fingerprint density at radius 3 is 2.53 bits per heavy atom. The number of nitrogens with zero attached hydrogens (tertiary/aromatic N) is 3. The Labute approximate surface area is 186 Å². The summed E-state index contributed by atoms with van der Waals surface area (Å²) in [7, 11) is 0. The summed E-state index contributed by atoms with van der Waals surface area (Å²) >= 11 is 0. The molecule has 0 radical (unpaired) electrons. The summed E-state index contributed by atoms with van der Waals surface area (Å²) in [5, 5.41) is 19.3. The molecule has 0 unspecified atom stereocenters. The number of alkyl halides is 3. The van der Waals surface area contributed by atoms with Crippen LogP contribution in [-0.2, 0) is 11.0 Å². The first-order chi connectivity index (χ1) is 15.3. The Morgan fingerprint density at radius 1 is 1.19 bits per heavy atom. The fourth-order valence-corrected chi connectivity index (χ4v) is 5.79. The van der Waals surface area contributed by atoms with Crippen LogP contribution in [-0.4, -0.2) is 48.7 Å². The number of fused-ring (bicyclic) bond motifs is 1. The van der Waals surface area contributed by atoms with E-state index in [0.29, 0.717) is 38.3 Å². The van der Waals surface area contributed by atoms with Gasteiger partial charge in [0.05, 0.1) is 23.8 Å². The highest BCUT2D eigenvalue weighted by atomic mass is 19.4. The van der Waals surface area contributed by atoms with Crippen molar-refractivity contribution in [2.24, 2.45) is 17.3 Å². The van der Waals surface area contributed by atoms with Crippen LogP contribution in [0, 0.1) is 28.6 Å². The lowest BCUT2D eigenvalue weighted by Gasteiger charge is -2.43. The van der Waals surface area contributed by atoms with Crippen LogP contribution in [0.2, 0.25) is 0 Å². The Bertz CT molecular complexity index is 889. The number of halogens is 3. The Balaban J connectivity index is 1.52. The highest BCUT2D eigenvalue weighted by Gasteiger charge is 2.51. The maximum Gasteiger partial charge on any atom is 0.417 e. The number of hydrogen-bond acceptors (Lipinski definition) is 4. The zero-order chi connectivity index (χ0) is 22.9. The van der Waals surface area contributed by atoms with Crippen molar-refractivity contribution < 1.29 is 23.1 Å². The van der Waals surface area contributed by atoms with Crippen molar-refractivity contribution in [3.05, 3.63) is 29.3 Å². The monoisotopic (exact) mass is 449 g/mol. The zero-order valence-corrected chi connectivity index (χ0v) is 18.2. The highest BCUT2D eigenvalue weighted by Crippen LogP contribution is 2.45. The molecule has 2 atom stereocenters. The van der Waals surface area contributed by atoms with Gasteiger partial charge in [0, 0.05) is 49.1 Å². The van der Waals surface area contributed by atoms with E-state index >= 15 is 0 Å². The number of aliphatic hydroxyl groups is 1. The molecular weight excluding hydrogens is 419 g/mol. The third-order valence-electron chi connectivity index (χ3n) is 7.76. The smallest absolute Gasteiger partial charge is 0.396 e. The number of piperidine rings is 1. The molecule has 2 aliphatic heterocycles. The molecule has 0 aromatic heterocycles. The number of carbonyl (C=O) groups excluding carboxylic acids is 1. The number of rotatable bonds is 3. The van der Waals surface area contributed by atoms with E-state index in [4.69, 9.17) is 5.26 Å². The van der Waals surface area contributed by atoms with Gasteiger partial charge in [-0.3, -0.25) is 4.79 Å². The van der Waals surface area contributed by atoms with Crippen molar-refractivity contribution in [3.63, 3.8) is 0 Å². The van der Waals surface area contributed by atoms with Crippen molar-refractivity contribution in [2.75, 3.05) is 37.7 Å². The second-order valence-electron chi connectivity index (χ2n) is 9.66. The molecule has 8 heteroatoms. The van der Waals surface area contributed by atoms with Gasteiger partial charge in [0.25, 0.3) is 0 Å². The highest BCUT2D eigenvalue weighted by molar-refractivity contribution is 5.79. The first-order valence-electron chi connectivity index (χ1n) is 11.5. The molecule has 1 aromatic rings. The molecule has 1 amide bonds. The Morgan fingerprint density at radius 2 is 1.91 bits per heavy atom. The number of benzene rings is 1. The van der Waals surface area contributed by atoms with Crippen molar-refractivity contribution >= 4 is 11.6 Å². The molecule has 0 spiro atoms. The van der Waals surface area contributed by atoms with Gasteiger partial charge in [-0.25, -0.2) is 0 Å². The molecule has 174 valence electrons. The molecule has 5 nitrogen and oxygen atoms in total. The van der Waals surface area contributed by atoms with E-state index < -0.39 is 17.2 Å². The molecule has 1 saturated carbocycles. The van der Waals surface area contributed by atoms with Crippen molar-refractivity contribution in [3.8, 4) is 6.07 Å². The quantitative estimate of drug-likeness (QED) is 0.703. The van der Waals surface area contributed by atoms with Crippen LogP contribution in [0.15, 0.2) is 18.2 Å². The van der Waals surface area contributed by atoms with Gasteiger partial charge < -0.3 is 14.9 Å². The first-order valence-corrected chi connectivity index (χ1v) is 11.5. The SMILES string of the molecule is N#Cc1ccc(N2CC[C@@]3(CO)CN(C(=O)C4CCCCCC4)C[C@H]3C2)cc1C(F)(F)F. The summed E-state index contributed by atoms with van der Waals surface area (Å²) in [6, 6.07) is 5.46. The number of aliphatic hydroxyl groups excluding tert-OH is 1. The molecule has 1 N–H and O–H groups in total. The van der Waals surface area contributed by atoms with Crippen molar-refractivity contribution in [2.45, 2.75) is 51.1 Å². The Hall–Kier alpha value is -2.27. The van der Waals surface area contributed by atoms with E-state index in [9.17, 15) is 23.1 Å². The average Bonchev–Trinajstić information content (AvgIpc) is 2.96. The lowest BCUT2D eigenvalue weighted by Crippen LogP contribution is -2.49. The van der Waals surface area contributed by atoms with Crippen LogP contribution in [0.25, 0.3) is 0 Å². The number of hydrogen-bond donors (Lipinski definition) is 1. The molecule has 1 aliphatic carbocycles. The predicted molar refractivity (Wildman–Crippen MR) is 114 cm³/mol. The zero-order valence-electron chi connectivity index (χ0n) is 18.2. The molecule has 2 saturated heterocycles. The van der Waals surface area contributed by atoms with Gasteiger partial charge >= 0.3 is 6.18 Å².